The van der Waals surface area contributed by atoms with Crippen molar-refractivity contribution >= 4 is 55.2 Å². The Morgan fingerprint density at radius 2 is 1.69 bits per heavy atom. The lowest BCUT2D eigenvalue weighted by molar-refractivity contribution is -0.122. The number of rotatable bonds is 12. The summed E-state index contributed by atoms with van der Waals surface area (Å²) in [6, 6.07) is 15.8. The molecule has 3 heterocycles. The van der Waals surface area contributed by atoms with Crippen molar-refractivity contribution in [3.05, 3.63) is 134 Å². The molecule has 1 aliphatic rings. The summed E-state index contributed by atoms with van der Waals surface area (Å²) >= 11 is 6.62. The number of carbonyl (C=O) groups is 1. The fraction of sp³-hybridized carbons (Fsp3) is 0.225. The molecule has 19 heteroatoms. The van der Waals surface area contributed by atoms with E-state index in [0.717, 1.165) is 40.5 Å². The van der Waals surface area contributed by atoms with E-state index < -0.39 is 63.6 Å². The first-order valence-electron chi connectivity index (χ1n) is 18.1. The zero-order chi connectivity index (χ0) is 41.9. The fourth-order valence-electron chi connectivity index (χ4n) is 7.20. The third kappa shape index (κ3) is 8.01. The van der Waals surface area contributed by atoms with Gasteiger partial charge in [0.05, 0.1) is 50.5 Å². The van der Waals surface area contributed by atoms with Crippen molar-refractivity contribution in [2.45, 2.75) is 44.2 Å². The number of nitrogens with zero attached hydrogens (tertiary/aromatic N) is 6. The Kier molecular flexibility index (Phi) is 10.2. The molecule has 0 aliphatic heterocycles. The lowest BCUT2D eigenvalue weighted by atomic mass is 10.0. The molecule has 0 unspecified atom stereocenters. The van der Waals surface area contributed by atoms with Crippen LogP contribution in [0.25, 0.3) is 38.6 Å². The Balaban J connectivity index is 1.36. The molecule has 0 radical (unpaired) electrons. The second kappa shape index (κ2) is 15.2. The molecule has 8 rings (SSSR count). The van der Waals surface area contributed by atoms with E-state index in [0.29, 0.717) is 17.3 Å². The van der Waals surface area contributed by atoms with Crippen LogP contribution in [0.15, 0.2) is 83.7 Å². The highest BCUT2D eigenvalue weighted by Gasteiger charge is 2.31. The highest BCUT2D eigenvalue weighted by Crippen LogP contribution is 2.40. The zero-order valence-electron chi connectivity index (χ0n) is 31.1. The summed E-state index contributed by atoms with van der Waals surface area (Å²) in [6.07, 6.45) is -0.898. The lowest BCUT2D eigenvalue weighted by Crippen LogP contribution is -2.37. The lowest BCUT2D eigenvalue weighted by Gasteiger charge is -2.24. The maximum Gasteiger partial charge on any atom is 0.280 e. The molecule has 0 spiro atoms. The standard InChI is InChI=1S/C40H32ClF5N8O4S/c1-52-36-32(12-11-27(41)35(36)38(50-52)51-59(2,57)58)54-39(48-30-16-22(9-10-26(30)40(54)56)25-5-3-4-6-28(25)44)31(15-20-13-23(42)17-24(43)14-20)47-34(55)19-53-33(37(45)46)18-29(49-53)21-7-8-21/h3-6,9-14,16-18,21,31,37H,7-8,15,19H2,1-2H3,(H,47,55)(H,50,51)/t31-/m0/s1. The van der Waals surface area contributed by atoms with Crippen molar-refractivity contribution in [3.63, 3.8) is 0 Å². The van der Waals surface area contributed by atoms with Crippen LogP contribution in [0.4, 0.5) is 27.8 Å². The molecule has 2 N–H and O–H groups in total. The van der Waals surface area contributed by atoms with Gasteiger partial charge in [0.25, 0.3) is 12.0 Å². The predicted octanol–water partition coefficient (Wildman–Crippen LogP) is 7.49. The van der Waals surface area contributed by atoms with Gasteiger partial charge in [0.2, 0.25) is 15.9 Å². The van der Waals surface area contributed by atoms with Crippen molar-refractivity contribution in [1.82, 2.24) is 34.4 Å². The van der Waals surface area contributed by atoms with Crippen molar-refractivity contribution < 1.29 is 35.2 Å². The Hall–Kier alpha value is -6.14. The van der Waals surface area contributed by atoms with Gasteiger partial charge in [-0.05, 0) is 72.5 Å². The van der Waals surface area contributed by atoms with Crippen molar-refractivity contribution in [1.29, 1.82) is 0 Å². The second-order valence-corrected chi connectivity index (χ2v) is 16.4. The van der Waals surface area contributed by atoms with Crippen LogP contribution in [-0.2, 0) is 34.8 Å². The minimum Gasteiger partial charge on any atom is -0.344 e. The molecule has 0 bridgehead atoms. The molecule has 7 aromatic rings. The van der Waals surface area contributed by atoms with E-state index in [4.69, 9.17) is 16.6 Å². The minimum absolute atomic E-state index is 0.00529. The SMILES string of the molecule is Cn1nc(NS(C)(=O)=O)c2c(Cl)ccc(-n3c([C@H](Cc4cc(F)cc(F)c4)NC(=O)Cn4nc(C5CC5)cc4C(F)F)nc4cc(-c5ccccc5F)ccc4c3=O)c21. The molecular formula is C40H32ClF5N8O4S. The number of alkyl halides is 2. The smallest absolute Gasteiger partial charge is 0.280 e. The van der Waals surface area contributed by atoms with Crippen molar-refractivity contribution in [3.8, 4) is 16.8 Å². The van der Waals surface area contributed by atoms with Gasteiger partial charge in [-0.1, -0.05) is 35.9 Å². The maximum atomic E-state index is 15.0. The number of nitrogens with one attached hydrogen (secondary N) is 2. The number of aromatic nitrogens is 6. The summed E-state index contributed by atoms with van der Waals surface area (Å²) in [5, 5.41) is 11.5. The quantitative estimate of drug-likeness (QED) is 0.121. The number of carbonyl (C=O) groups excluding carboxylic acids is 1. The summed E-state index contributed by atoms with van der Waals surface area (Å²) in [4.78, 5) is 33.8. The Bertz CT molecular complexity index is 2980. The molecule has 1 fully saturated rings. The Labute approximate surface area is 337 Å². The zero-order valence-corrected chi connectivity index (χ0v) is 32.6. The van der Waals surface area contributed by atoms with Crippen LogP contribution in [0, 0.1) is 17.5 Å². The number of aryl methyl sites for hydroxylation is 1. The average Bonchev–Trinajstić information content (AvgIpc) is 3.84. The number of hydrogen-bond donors (Lipinski definition) is 2. The predicted molar refractivity (Wildman–Crippen MR) is 211 cm³/mol. The highest BCUT2D eigenvalue weighted by atomic mass is 35.5. The minimum atomic E-state index is -3.88. The second-order valence-electron chi connectivity index (χ2n) is 14.3. The van der Waals surface area contributed by atoms with Gasteiger partial charge in [0, 0.05) is 31.0 Å². The van der Waals surface area contributed by atoms with Gasteiger partial charge >= 0.3 is 0 Å². The summed E-state index contributed by atoms with van der Waals surface area (Å²) in [7, 11) is -2.41. The first-order chi connectivity index (χ1) is 28.0. The third-order valence-electron chi connectivity index (χ3n) is 9.87. The molecule has 12 nitrogen and oxygen atoms in total. The molecule has 1 aliphatic carbocycles. The number of benzene rings is 4. The number of hydrogen-bond acceptors (Lipinski definition) is 7. The Morgan fingerprint density at radius 1 is 0.966 bits per heavy atom. The van der Waals surface area contributed by atoms with E-state index in [1.165, 1.54) is 66.3 Å². The monoisotopic (exact) mass is 850 g/mol. The number of sulfonamides is 1. The average molecular weight is 851 g/mol. The molecule has 0 saturated heterocycles. The van der Waals surface area contributed by atoms with Gasteiger partial charge in [0.15, 0.2) is 5.82 Å². The van der Waals surface area contributed by atoms with Crippen molar-refractivity contribution in [2.75, 3.05) is 11.0 Å². The van der Waals surface area contributed by atoms with Crippen LogP contribution in [0.2, 0.25) is 5.02 Å². The number of halogens is 6. The molecule has 1 saturated carbocycles. The number of amides is 1. The molecule has 3 aromatic heterocycles. The molecule has 1 atom stereocenters. The van der Waals surface area contributed by atoms with Crippen LogP contribution in [0.1, 0.15) is 54.0 Å². The first kappa shape index (κ1) is 39.7. The Morgan fingerprint density at radius 3 is 2.37 bits per heavy atom. The molecule has 304 valence electrons. The van der Waals surface area contributed by atoms with E-state index in [-0.39, 0.29) is 67.6 Å². The van der Waals surface area contributed by atoms with E-state index in [1.54, 1.807) is 6.07 Å². The van der Waals surface area contributed by atoms with Crippen molar-refractivity contribution in [2.24, 2.45) is 7.05 Å². The van der Waals surface area contributed by atoms with Gasteiger partial charge < -0.3 is 5.32 Å². The first-order valence-corrected chi connectivity index (χ1v) is 20.4. The summed E-state index contributed by atoms with van der Waals surface area (Å²) in [6.45, 7) is -0.691. The van der Waals surface area contributed by atoms with E-state index in [2.05, 4.69) is 20.2 Å². The van der Waals surface area contributed by atoms with Gasteiger partial charge in [-0.3, -0.25) is 28.2 Å². The van der Waals surface area contributed by atoms with Crippen LogP contribution in [0.3, 0.4) is 0 Å². The molecular weight excluding hydrogens is 819 g/mol. The fourth-order valence-corrected chi connectivity index (χ4v) is 7.93. The van der Waals surface area contributed by atoms with Crippen LogP contribution in [0.5, 0.6) is 0 Å². The van der Waals surface area contributed by atoms with E-state index in [9.17, 15) is 35.6 Å². The normalized spacial score (nSPS) is 13.7. The summed E-state index contributed by atoms with van der Waals surface area (Å²) < 4.78 is 103. The third-order valence-corrected chi connectivity index (χ3v) is 10.8. The van der Waals surface area contributed by atoms with Crippen LogP contribution >= 0.6 is 11.6 Å². The van der Waals surface area contributed by atoms with Gasteiger partial charge in [-0.25, -0.2) is 35.4 Å². The van der Waals surface area contributed by atoms with Crippen LogP contribution in [-0.4, -0.2) is 49.7 Å². The van der Waals surface area contributed by atoms with Gasteiger partial charge in [-0.15, -0.1) is 0 Å². The van der Waals surface area contributed by atoms with E-state index >= 15 is 4.39 Å². The van der Waals surface area contributed by atoms with Gasteiger partial charge in [0.1, 0.15) is 35.5 Å². The summed E-state index contributed by atoms with van der Waals surface area (Å²) in [5.41, 5.74) is 0.0266. The topological polar surface area (TPSA) is 146 Å². The number of fused-ring (bicyclic) bond motifs is 2. The van der Waals surface area contributed by atoms with Crippen LogP contribution < -0.4 is 15.6 Å². The number of anilines is 1. The van der Waals surface area contributed by atoms with Gasteiger partial charge in [-0.2, -0.15) is 10.2 Å². The maximum absolute atomic E-state index is 15.0. The largest absolute Gasteiger partial charge is 0.344 e. The summed E-state index contributed by atoms with van der Waals surface area (Å²) in [5.74, 6) is -3.65. The molecule has 59 heavy (non-hydrogen) atoms. The highest BCUT2D eigenvalue weighted by molar-refractivity contribution is 7.92. The molecule has 1 amide bonds. The van der Waals surface area contributed by atoms with E-state index in [1.807, 2.05) is 0 Å². The molecule has 4 aromatic carbocycles.